The summed E-state index contributed by atoms with van der Waals surface area (Å²) in [6.07, 6.45) is 0. The normalized spacial score (nSPS) is 12.9. The van der Waals surface area contributed by atoms with Crippen molar-refractivity contribution in [2.24, 2.45) is 5.14 Å². The van der Waals surface area contributed by atoms with Gasteiger partial charge in [-0.1, -0.05) is 23.7 Å². The molecule has 0 aliphatic rings. The molecule has 1 aromatic carbocycles. The van der Waals surface area contributed by atoms with Crippen LogP contribution in [0.2, 0.25) is 5.02 Å². The van der Waals surface area contributed by atoms with Gasteiger partial charge in [-0.2, -0.15) is 0 Å². The number of halogens is 1. The molecule has 0 atom stereocenters. The molecule has 0 amide bonds. The molecule has 2 N–H and O–H groups in total. The maximum atomic E-state index is 11.3. The van der Waals surface area contributed by atoms with Gasteiger partial charge in [-0.3, -0.25) is 0 Å². The zero-order valence-electron chi connectivity index (χ0n) is 7.99. The van der Waals surface area contributed by atoms with E-state index in [1.54, 1.807) is 38.1 Å². The molecule has 0 saturated heterocycles. The van der Waals surface area contributed by atoms with E-state index in [4.69, 9.17) is 16.7 Å². The highest BCUT2D eigenvalue weighted by molar-refractivity contribution is 7.90. The molecule has 0 saturated carbocycles. The summed E-state index contributed by atoms with van der Waals surface area (Å²) in [5.74, 6) is 0. The molecule has 0 unspecified atom stereocenters. The summed E-state index contributed by atoms with van der Waals surface area (Å²) >= 11 is 5.70. The fraction of sp³-hybridized carbons (Fsp3) is 0.333. The summed E-state index contributed by atoms with van der Waals surface area (Å²) in [5, 5.41) is 5.69. The number of rotatable bonds is 2. The van der Waals surface area contributed by atoms with Crippen molar-refractivity contribution in [1.29, 1.82) is 0 Å². The molecular formula is C9H12ClNO2S. The SMILES string of the molecule is CC(C)(c1ccc(Cl)cc1)S(N)(=O)=O. The Labute approximate surface area is 88.9 Å². The van der Waals surface area contributed by atoms with Crippen molar-refractivity contribution in [1.82, 2.24) is 0 Å². The first-order valence-corrected chi connectivity index (χ1v) is 5.96. The summed E-state index contributed by atoms with van der Waals surface area (Å²) in [6.45, 7) is 3.12. The van der Waals surface area contributed by atoms with Crippen molar-refractivity contribution in [3.05, 3.63) is 34.9 Å². The van der Waals surface area contributed by atoms with Gasteiger partial charge in [0.15, 0.2) is 0 Å². The van der Waals surface area contributed by atoms with Crippen molar-refractivity contribution in [2.45, 2.75) is 18.6 Å². The average Bonchev–Trinajstić information content (AvgIpc) is 2.03. The smallest absolute Gasteiger partial charge is 0.218 e. The second-order valence-corrected chi connectivity index (χ2v) is 6.11. The first-order chi connectivity index (χ1) is 6.25. The highest BCUT2D eigenvalue weighted by atomic mass is 35.5. The van der Waals surface area contributed by atoms with Crippen LogP contribution in [0.5, 0.6) is 0 Å². The van der Waals surface area contributed by atoms with Crippen LogP contribution in [0.25, 0.3) is 0 Å². The Balaban J connectivity index is 3.24. The van der Waals surface area contributed by atoms with Gasteiger partial charge in [0, 0.05) is 5.02 Å². The number of nitrogens with two attached hydrogens (primary N) is 1. The van der Waals surface area contributed by atoms with Crippen LogP contribution in [-0.4, -0.2) is 8.42 Å². The van der Waals surface area contributed by atoms with E-state index < -0.39 is 14.8 Å². The van der Waals surface area contributed by atoms with Gasteiger partial charge in [0.05, 0.1) is 0 Å². The Morgan fingerprint density at radius 2 is 1.64 bits per heavy atom. The highest BCUT2D eigenvalue weighted by Gasteiger charge is 2.32. The van der Waals surface area contributed by atoms with Gasteiger partial charge in [0.25, 0.3) is 0 Å². The quantitative estimate of drug-likeness (QED) is 0.848. The number of hydrogen-bond donors (Lipinski definition) is 1. The topological polar surface area (TPSA) is 60.2 Å². The van der Waals surface area contributed by atoms with Crippen molar-refractivity contribution in [2.75, 3.05) is 0 Å². The minimum atomic E-state index is -3.61. The van der Waals surface area contributed by atoms with E-state index in [0.29, 0.717) is 10.6 Å². The average molecular weight is 234 g/mol. The molecule has 78 valence electrons. The van der Waals surface area contributed by atoms with Gasteiger partial charge in [-0.15, -0.1) is 0 Å². The fourth-order valence-corrected chi connectivity index (χ4v) is 1.61. The van der Waals surface area contributed by atoms with E-state index in [1.165, 1.54) is 0 Å². The first kappa shape index (κ1) is 11.5. The van der Waals surface area contributed by atoms with E-state index in [9.17, 15) is 8.42 Å². The first-order valence-electron chi connectivity index (χ1n) is 4.03. The van der Waals surface area contributed by atoms with Crippen LogP contribution < -0.4 is 5.14 Å². The van der Waals surface area contributed by atoms with E-state index in [0.717, 1.165) is 0 Å². The van der Waals surface area contributed by atoms with Crippen LogP contribution in [0.1, 0.15) is 19.4 Å². The largest absolute Gasteiger partial charge is 0.228 e. The summed E-state index contributed by atoms with van der Waals surface area (Å²) in [7, 11) is -3.61. The zero-order valence-corrected chi connectivity index (χ0v) is 9.56. The minimum absolute atomic E-state index is 0.568. The molecule has 14 heavy (non-hydrogen) atoms. The Kier molecular flexibility index (Phi) is 2.90. The molecular weight excluding hydrogens is 222 g/mol. The molecule has 0 bridgehead atoms. The minimum Gasteiger partial charge on any atom is -0.228 e. The van der Waals surface area contributed by atoms with Gasteiger partial charge in [0.1, 0.15) is 4.75 Å². The summed E-state index contributed by atoms with van der Waals surface area (Å²) < 4.78 is 21.5. The summed E-state index contributed by atoms with van der Waals surface area (Å²) in [6, 6.07) is 6.60. The van der Waals surface area contributed by atoms with Crippen molar-refractivity contribution >= 4 is 21.6 Å². The molecule has 1 rings (SSSR count). The Morgan fingerprint density at radius 1 is 1.21 bits per heavy atom. The van der Waals surface area contributed by atoms with Crippen molar-refractivity contribution < 1.29 is 8.42 Å². The molecule has 5 heteroatoms. The lowest BCUT2D eigenvalue weighted by Gasteiger charge is -2.22. The molecule has 0 fully saturated rings. The van der Waals surface area contributed by atoms with Crippen LogP contribution >= 0.6 is 11.6 Å². The van der Waals surface area contributed by atoms with E-state index in [2.05, 4.69) is 0 Å². The lowest BCUT2D eigenvalue weighted by atomic mass is 10.0. The van der Waals surface area contributed by atoms with Crippen LogP contribution in [0.3, 0.4) is 0 Å². The van der Waals surface area contributed by atoms with Gasteiger partial charge in [-0.05, 0) is 31.5 Å². The standard InChI is InChI=1S/C9H12ClNO2S/c1-9(2,14(11,12)13)7-3-5-8(10)6-4-7/h3-6H,1-2H3,(H2,11,12,13). The molecule has 1 aromatic rings. The van der Waals surface area contributed by atoms with Gasteiger partial charge in [-0.25, -0.2) is 13.6 Å². The fourth-order valence-electron chi connectivity index (χ4n) is 1.02. The predicted octanol–water partition coefficient (Wildman–Crippen LogP) is 1.86. The Hall–Kier alpha value is -0.580. The second-order valence-electron chi connectivity index (χ2n) is 3.56. The lowest BCUT2D eigenvalue weighted by Crippen LogP contribution is -2.35. The Bertz CT molecular complexity index is 423. The molecule has 0 aromatic heterocycles. The van der Waals surface area contributed by atoms with Gasteiger partial charge >= 0.3 is 0 Å². The lowest BCUT2D eigenvalue weighted by molar-refractivity contribution is 0.556. The summed E-state index contributed by atoms with van der Waals surface area (Å²) in [4.78, 5) is 0. The molecule has 0 heterocycles. The van der Waals surface area contributed by atoms with Crippen molar-refractivity contribution in [3.8, 4) is 0 Å². The summed E-state index contributed by atoms with van der Waals surface area (Å²) in [5.41, 5.74) is 0.629. The third kappa shape index (κ3) is 2.08. The number of sulfonamides is 1. The van der Waals surface area contributed by atoms with Crippen molar-refractivity contribution in [3.63, 3.8) is 0 Å². The maximum Gasteiger partial charge on any atom is 0.218 e. The molecule has 0 spiro atoms. The number of benzene rings is 1. The van der Waals surface area contributed by atoms with Crippen LogP contribution in [-0.2, 0) is 14.8 Å². The number of hydrogen-bond acceptors (Lipinski definition) is 2. The zero-order chi connectivity index (χ0) is 11.0. The number of primary sulfonamides is 1. The maximum absolute atomic E-state index is 11.3. The second kappa shape index (κ2) is 3.53. The monoisotopic (exact) mass is 233 g/mol. The van der Waals surface area contributed by atoms with Crippen LogP contribution in [0, 0.1) is 0 Å². The van der Waals surface area contributed by atoms with E-state index in [-0.39, 0.29) is 0 Å². The predicted molar refractivity (Wildman–Crippen MR) is 57.6 cm³/mol. The Morgan fingerprint density at radius 3 is 2.00 bits per heavy atom. The van der Waals surface area contributed by atoms with Crippen LogP contribution in [0.15, 0.2) is 24.3 Å². The highest BCUT2D eigenvalue weighted by Crippen LogP contribution is 2.28. The van der Waals surface area contributed by atoms with Gasteiger partial charge < -0.3 is 0 Å². The molecule has 0 aliphatic carbocycles. The third-order valence-corrected chi connectivity index (χ3v) is 4.16. The molecule has 3 nitrogen and oxygen atoms in total. The third-order valence-electron chi connectivity index (χ3n) is 2.25. The molecule has 0 aliphatic heterocycles. The van der Waals surface area contributed by atoms with Crippen LogP contribution in [0.4, 0.5) is 0 Å². The molecule has 0 radical (unpaired) electrons. The van der Waals surface area contributed by atoms with E-state index >= 15 is 0 Å². The van der Waals surface area contributed by atoms with Gasteiger partial charge in [0.2, 0.25) is 10.0 Å². The van der Waals surface area contributed by atoms with E-state index in [1.807, 2.05) is 0 Å².